The van der Waals surface area contributed by atoms with Crippen LogP contribution in [0.1, 0.15) is 97.5 Å². The fraction of sp³-hybridized carbons (Fsp3) is 0.763. The molecule has 2 amide bonds. The number of rotatable bonds is 6. The standard InChI is InChI=1S/C38H55N3O5/c1-22-11-15-38(40-21-22)23(2)35-31(46-38)18-30-28-10-7-25-17-26(12-14-36(25,3)29(28)19-32(43)37(30,35)4)41-34(45)20-33(44)39-16-13-24-5-8-27(42)9-6-24/h5-6,8-9,22-23,25-26,28-31,35,40,42H,7,10-21H2,1-4H3,(H,39,44)(H,41,45)/t22-,23-,25+,26-,28+,29-,30-,31-,35-,36-,37+,38+/m0/s1. The number of piperidine rings is 1. The van der Waals surface area contributed by atoms with Crippen molar-refractivity contribution in [2.24, 2.45) is 52.3 Å². The summed E-state index contributed by atoms with van der Waals surface area (Å²) in [6.45, 7) is 10.9. The van der Waals surface area contributed by atoms with Crippen LogP contribution in [-0.2, 0) is 25.5 Å². The Morgan fingerprint density at radius 1 is 1.00 bits per heavy atom. The Kier molecular flexibility index (Phi) is 8.31. The van der Waals surface area contributed by atoms with E-state index in [1.807, 2.05) is 12.1 Å². The Morgan fingerprint density at radius 3 is 2.52 bits per heavy atom. The molecule has 0 unspecified atom stereocenters. The quantitative estimate of drug-likeness (QED) is 0.323. The third-order valence-electron chi connectivity index (χ3n) is 14.4. The molecule has 252 valence electrons. The molecule has 0 radical (unpaired) electrons. The molecule has 6 aliphatic rings. The number of phenols is 1. The molecule has 2 saturated heterocycles. The number of ketones is 1. The van der Waals surface area contributed by atoms with Crippen molar-refractivity contribution in [3.63, 3.8) is 0 Å². The summed E-state index contributed by atoms with van der Waals surface area (Å²) in [5.41, 5.74) is 0.580. The Hall–Kier alpha value is -2.45. The lowest BCUT2D eigenvalue weighted by Gasteiger charge is -2.60. The van der Waals surface area contributed by atoms with Crippen molar-refractivity contribution in [2.45, 2.75) is 116 Å². The molecule has 46 heavy (non-hydrogen) atoms. The molecule has 4 N–H and O–H groups in total. The van der Waals surface area contributed by atoms with Crippen molar-refractivity contribution in [1.82, 2.24) is 16.0 Å². The van der Waals surface area contributed by atoms with Crippen molar-refractivity contribution in [3.8, 4) is 5.75 Å². The number of benzene rings is 1. The number of fused-ring (bicyclic) bond motifs is 7. The van der Waals surface area contributed by atoms with Crippen LogP contribution in [0.25, 0.3) is 0 Å². The molecule has 1 aromatic rings. The molecule has 8 heteroatoms. The van der Waals surface area contributed by atoms with Gasteiger partial charge in [-0.25, -0.2) is 0 Å². The van der Waals surface area contributed by atoms with E-state index in [9.17, 15) is 19.5 Å². The summed E-state index contributed by atoms with van der Waals surface area (Å²) in [6.07, 6.45) is 9.78. The van der Waals surface area contributed by atoms with Crippen LogP contribution >= 0.6 is 0 Å². The zero-order valence-electron chi connectivity index (χ0n) is 28.3. The molecule has 4 aliphatic carbocycles. The predicted molar refractivity (Wildman–Crippen MR) is 176 cm³/mol. The first-order chi connectivity index (χ1) is 21.9. The average Bonchev–Trinajstić information content (AvgIpc) is 3.47. The number of carbonyl (C=O) groups is 3. The van der Waals surface area contributed by atoms with Crippen LogP contribution in [-0.4, -0.2) is 53.7 Å². The van der Waals surface area contributed by atoms with Gasteiger partial charge in [-0.15, -0.1) is 0 Å². The Labute approximate surface area is 274 Å². The summed E-state index contributed by atoms with van der Waals surface area (Å²) in [5.74, 6) is 3.40. The Bertz CT molecular complexity index is 1340. The summed E-state index contributed by atoms with van der Waals surface area (Å²) < 4.78 is 6.98. The highest BCUT2D eigenvalue weighted by Crippen LogP contribution is 2.70. The van der Waals surface area contributed by atoms with Gasteiger partial charge < -0.3 is 20.5 Å². The maximum absolute atomic E-state index is 14.4. The molecule has 2 aliphatic heterocycles. The number of nitrogens with one attached hydrogen (secondary N) is 3. The smallest absolute Gasteiger partial charge is 0.229 e. The molecule has 2 heterocycles. The van der Waals surface area contributed by atoms with Crippen LogP contribution < -0.4 is 16.0 Å². The second kappa shape index (κ2) is 11.9. The van der Waals surface area contributed by atoms with E-state index >= 15 is 0 Å². The van der Waals surface area contributed by atoms with Gasteiger partial charge in [-0.1, -0.05) is 39.8 Å². The van der Waals surface area contributed by atoms with Gasteiger partial charge in [-0.3, -0.25) is 19.7 Å². The molecule has 4 saturated carbocycles. The number of Topliss-reactive ketones (excluding diaryl/α,β-unsaturated/α-hetero) is 1. The van der Waals surface area contributed by atoms with Gasteiger partial charge in [0.2, 0.25) is 11.8 Å². The molecule has 0 bridgehead atoms. The summed E-state index contributed by atoms with van der Waals surface area (Å²) >= 11 is 0. The fourth-order valence-corrected chi connectivity index (χ4v) is 11.8. The molecular weight excluding hydrogens is 578 g/mol. The van der Waals surface area contributed by atoms with Crippen molar-refractivity contribution in [1.29, 1.82) is 0 Å². The number of hydrogen-bond acceptors (Lipinski definition) is 6. The normalized spacial score (nSPS) is 44.5. The molecular formula is C38H55N3O5. The topological polar surface area (TPSA) is 117 Å². The van der Waals surface area contributed by atoms with Gasteiger partial charge in [0.15, 0.2) is 0 Å². The molecule has 1 aromatic carbocycles. The van der Waals surface area contributed by atoms with Crippen LogP contribution in [0.5, 0.6) is 5.75 Å². The molecule has 7 rings (SSSR count). The summed E-state index contributed by atoms with van der Waals surface area (Å²) in [4.78, 5) is 39.7. The van der Waals surface area contributed by atoms with Crippen LogP contribution in [0.2, 0.25) is 0 Å². The largest absolute Gasteiger partial charge is 0.508 e. The molecule has 8 nitrogen and oxygen atoms in total. The van der Waals surface area contributed by atoms with Crippen LogP contribution in [0.3, 0.4) is 0 Å². The second-order valence-electron chi connectivity index (χ2n) is 16.7. The zero-order valence-corrected chi connectivity index (χ0v) is 28.3. The Balaban J connectivity index is 0.943. The molecule has 0 aromatic heterocycles. The first-order valence-electron chi connectivity index (χ1n) is 18.2. The van der Waals surface area contributed by atoms with Gasteiger partial charge in [-0.2, -0.15) is 0 Å². The highest BCUT2D eigenvalue weighted by Gasteiger charge is 2.71. The lowest BCUT2D eigenvalue weighted by atomic mass is 9.44. The number of amides is 2. The summed E-state index contributed by atoms with van der Waals surface area (Å²) in [7, 11) is 0. The Morgan fingerprint density at radius 2 is 1.78 bits per heavy atom. The van der Waals surface area contributed by atoms with E-state index < -0.39 is 0 Å². The number of phenolic OH excluding ortho intramolecular Hbond substituents is 1. The zero-order chi connectivity index (χ0) is 32.4. The van der Waals surface area contributed by atoms with Gasteiger partial charge in [-0.05, 0) is 110 Å². The monoisotopic (exact) mass is 633 g/mol. The van der Waals surface area contributed by atoms with E-state index in [2.05, 4.69) is 43.6 Å². The van der Waals surface area contributed by atoms with E-state index in [-0.39, 0.29) is 52.7 Å². The number of ether oxygens (including phenoxy) is 1. The van der Waals surface area contributed by atoms with Gasteiger partial charge >= 0.3 is 0 Å². The highest BCUT2D eigenvalue weighted by molar-refractivity contribution is 5.97. The van der Waals surface area contributed by atoms with Gasteiger partial charge in [0, 0.05) is 42.8 Å². The van der Waals surface area contributed by atoms with E-state index in [1.54, 1.807) is 12.1 Å². The molecule has 12 atom stereocenters. The third-order valence-corrected chi connectivity index (χ3v) is 14.4. The van der Waals surface area contributed by atoms with Gasteiger partial charge in [0.05, 0.1) is 6.10 Å². The van der Waals surface area contributed by atoms with E-state index in [0.717, 1.165) is 57.1 Å². The van der Waals surface area contributed by atoms with Gasteiger partial charge in [0.25, 0.3) is 0 Å². The number of aromatic hydroxyl groups is 1. The van der Waals surface area contributed by atoms with E-state index in [4.69, 9.17) is 4.74 Å². The number of hydrogen-bond donors (Lipinski definition) is 4. The van der Waals surface area contributed by atoms with Crippen LogP contribution in [0.15, 0.2) is 24.3 Å². The summed E-state index contributed by atoms with van der Waals surface area (Å²) in [6, 6.07) is 7.01. The maximum Gasteiger partial charge on any atom is 0.229 e. The lowest BCUT2D eigenvalue weighted by Crippen LogP contribution is -2.60. The van der Waals surface area contributed by atoms with Crippen LogP contribution in [0, 0.1) is 52.3 Å². The predicted octanol–water partition coefficient (Wildman–Crippen LogP) is 5.12. The van der Waals surface area contributed by atoms with Crippen molar-refractivity contribution < 1.29 is 24.2 Å². The SMILES string of the molecule is C[C@H]1CC[C@@]2(NC1)O[C@H]1C[C@H]3[C@@H]4CC[C@@H]5C[C@@H](NC(=O)CC(=O)NCCc6ccc(O)cc6)CC[C@]5(C)[C@H]4CC(=O)[C@]3(C)[C@H]1[C@@H]2C. The van der Waals surface area contributed by atoms with E-state index in [0.29, 0.717) is 66.6 Å². The average molecular weight is 634 g/mol. The fourth-order valence-electron chi connectivity index (χ4n) is 11.8. The second-order valence-corrected chi connectivity index (χ2v) is 16.7. The first kappa shape index (κ1) is 32.1. The first-order valence-corrected chi connectivity index (χ1v) is 18.2. The molecule has 1 spiro atoms. The van der Waals surface area contributed by atoms with Crippen molar-refractivity contribution >= 4 is 17.6 Å². The van der Waals surface area contributed by atoms with Crippen molar-refractivity contribution in [2.75, 3.05) is 13.1 Å². The van der Waals surface area contributed by atoms with Crippen molar-refractivity contribution in [3.05, 3.63) is 29.8 Å². The lowest BCUT2D eigenvalue weighted by molar-refractivity contribution is -0.160. The minimum absolute atomic E-state index is 0.0819. The van der Waals surface area contributed by atoms with Crippen LogP contribution in [0.4, 0.5) is 0 Å². The van der Waals surface area contributed by atoms with Gasteiger partial charge in [0.1, 0.15) is 23.7 Å². The third kappa shape index (κ3) is 5.30. The number of carbonyl (C=O) groups excluding carboxylic acids is 3. The minimum Gasteiger partial charge on any atom is -0.508 e. The maximum atomic E-state index is 14.4. The summed E-state index contributed by atoms with van der Waals surface area (Å²) in [5, 5.41) is 19.3. The van der Waals surface area contributed by atoms with E-state index in [1.165, 1.54) is 6.42 Å². The minimum atomic E-state index is -0.293. The molecule has 6 fully saturated rings. The highest BCUT2D eigenvalue weighted by atomic mass is 16.5.